The highest BCUT2D eigenvalue weighted by Gasteiger charge is 2.13. The first-order valence-electron chi connectivity index (χ1n) is 10.0. The van der Waals surface area contributed by atoms with Gasteiger partial charge in [0.05, 0.1) is 23.8 Å². The minimum absolute atomic E-state index is 0.0761. The van der Waals surface area contributed by atoms with E-state index in [2.05, 4.69) is 10.5 Å². The van der Waals surface area contributed by atoms with E-state index in [0.717, 1.165) is 5.56 Å². The average molecular weight is 463 g/mol. The number of esters is 1. The van der Waals surface area contributed by atoms with Crippen molar-refractivity contribution in [2.45, 2.75) is 6.92 Å². The molecule has 174 valence electrons. The van der Waals surface area contributed by atoms with Crippen LogP contribution in [-0.4, -0.2) is 36.7 Å². The minimum atomic E-state index is -0.527. The zero-order valence-corrected chi connectivity index (χ0v) is 18.4. The Bertz CT molecular complexity index is 1210. The zero-order valence-electron chi connectivity index (χ0n) is 18.4. The van der Waals surface area contributed by atoms with E-state index in [0.29, 0.717) is 22.6 Å². The summed E-state index contributed by atoms with van der Waals surface area (Å²) in [7, 11) is 1.44. The summed E-state index contributed by atoms with van der Waals surface area (Å²) in [5, 5.41) is 14.5. The molecule has 0 spiro atoms. The molecule has 10 nitrogen and oxygen atoms in total. The van der Waals surface area contributed by atoms with Crippen LogP contribution in [-0.2, 0) is 4.79 Å². The predicted molar refractivity (Wildman–Crippen MR) is 123 cm³/mol. The van der Waals surface area contributed by atoms with Crippen molar-refractivity contribution >= 4 is 23.8 Å². The van der Waals surface area contributed by atoms with Crippen LogP contribution >= 0.6 is 0 Å². The third-order valence-corrected chi connectivity index (χ3v) is 4.50. The first-order chi connectivity index (χ1) is 16.4. The van der Waals surface area contributed by atoms with E-state index in [1.807, 2.05) is 19.1 Å². The largest absolute Gasteiger partial charge is 0.493 e. The first kappa shape index (κ1) is 23.9. The van der Waals surface area contributed by atoms with Gasteiger partial charge in [0.15, 0.2) is 18.1 Å². The van der Waals surface area contributed by atoms with Crippen LogP contribution in [0.3, 0.4) is 0 Å². The van der Waals surface area contributed by atoms with Crippen molar-refractivity contribution in [1.29, 1.82) is 0 Å². The quantitative estimate of drug-likeness (QED) is 0.169. The molecule has 0 unspecified atom stereocenters. The lowest BCUT2D eigenvalue weighted by atomic mass is 10.1. The van der Waals surface area contributed by atoms with Crippen molar-refractivity contribution in [1.82, 2.24) is 5.43 Å². The molecule has 3 aromatic rings. The first-order valence-corrected chi connectivity index (χ1v) is 10.0. The van der Waals surface area contributed by atoms with Crippen molar-refractivity contribution < 1.29 is 28.7 Å². The Balaban J connectivity index is 1.54. The van der Waals surface area contributed by atoms with Gasteiger partial charge in [-0.2, -0.15) is 5.10 Å². The van der Waals surface area contributed by atoms with Gasteiger partial charge >= 0.3 is 5.97 Å². The molecule has 1 amide bonds. The summed E-state index contributed by atoms with van der Waals surface area (Å²) in [5.74, 6) is -0.168. The summed E-state index contributed by atoms with van der Waals surface area (Å²) < 4.78 is 16.0. The zero-order chi connectivity index (χ0) is 24.5. The normalized spacial score (nSPS) is 10.5. The highest BCUT2D eigenvalue weighted by atomic mass is 16.6. The van der Waals surface area contributed by atoms with Crippen LogP contribution in [0.15, 0.2) is 71.8 Å². The maximum Gasteiger partial charge on any atom is 0.343 e. The molecular formula is C24H21N3O7. The van der Waals surface area contributed by atoms with E-state index in [1.54, 1.807) is 30.3 Å². The minimum Gasteiger partial charge on any atom is -0.493 e. The lowest BCUT2D eigenvalue weighted by Crippen LogP contribution is -2.24. The summed E-state index contributed by atoms with van der Waals surface area (Å²) in [6.07, 6.45) is 1.39. The fourth-order valence-electron chi connectivity index (χ4n) is 2.72. The lowest BCUT2D eigenvalue weighted by Gasteiger charge is -2.10. The molecule has 0 aromatic heterocycles. The molecule has 3 rings (SSSR count). The van der Waals surface area contributed by atoms with Crippen LogP contribution in [0, 0.1) is 17.0 Å². The second-order valence-corrected chi connectivity index (χ2v) is 7.00. The van der Waals surface area contributed by atoms with Crippen LogP contribution in [0.2, 0.25) is 0 Å². The number of carbonyl (C=O) groups is 2. The summed E-state index contributed by atoms with van der Waals surface area (Å²) in [6.45, 7) is 1.60. The molecule has 10 heteroatoms. The fourth-order valence-corrected chi connectivity index (χ4v) is 2.72. The SMILES string of the molecule is COc1cc(/C=N/NC(=O)COc2ccc([N+](=O)[O-])cc2)ccc1OC(=O)c1ccc(C)cc1. The van der Waals surface area contributed by atoms with E-state index in [9.17, 15) is 19.7 Å². The van der Waals surface area contributed by atoms with Gasteiger partial charge in [-0.05, 0) is 55.0 Å². The predicted octanol–water partition coefficient (Wildman–Crippen LogP) is 3.66. The van der Waals surface area contributed by atoms with Gasteiger partial charge in [0.25, 0.3) is 11.6 Å². The number of nitro benzene ring substituents is 1. The molecule has 0 aliphatic heterocycles. The highest BCUT2D eigenvalue weighted by molar-refractivity contribution is 5.91. The summed E-state index contributed by atoms with van der Waals surface area (Å²) in [5.41, 5.74) is 4.27. The van der Waals surface area contributed by atoms with Crippen molar-refractivity contribution in [2.24, 2.45) is 5.10 Å². The van der Waals surface area contributed by atoms with Crippen molar-refractivity contribution in [3.63, 3.8) is 0 Å². The number of ether oxygens (including phenoxy) is 3. The number of methoxy groups -OCH3 is 1. The van der Waals surface area contributed by atoms with Crippen molar-refractivity contribution in [3.8, 4) is 17.2 Å². The van der Waals surface area contributed by atoms with Gasteiger partial charge in [-0.25, -0.2) is 10.2 Å². The summed E-state index contributed by atoms with van der Waals surface area (Å²) >= 11 is 0. The smallest absolute Gasteiger partial charge is 0.343 e. The Morgan fingerprint density at radius 1 is 1.03 bits per heavy atom. The Hall–Kier alpha value is -4.73. The molecule has 0 saturated carbocycles. The number of rotatable bonds is 9. The van der Waals surface area contributed by atoms with Crippen molar-refractivity contribution in [3.05, 3.63) is 93.5 Å². The van der Waals surface area contributed by atoms with Gasteiger partial charge in [0.2, 0.25) is 0 Å². The highest BCUT2D eigenvalue weighted by Crippen LogP contribution is 2.28. The molecular weight excluding hydrogens is 442 g/mol. The monoisotopic (exact) mass is 463 g/mol. The van der Waals surface area contributed by atoms with Gasteiger partial charge in [-0.1, -0.05) is 17.7 Å². The summed E-state index contributed by atoms with van der Waals surface area (Å²) in [6, 6.07) is 17.1. The van der Waals surface area contributed by atoms with Gasteiger partial charge < -0.3 is 14.2 Å². The number of hydrogen-bond donors (Lipinski definition) is 1. The van der Waals surface area contributed by atoms with Crippen LogP contribution in [0.4, 0.5) is 5.69 Å². The standard InChI is InChI=1S/C24H21N3O7/c1-16-3-6-18(7-4-16)24(29)34-21-12-5-17(13-22(21)32-2)14-25-26-23(28)15-33-20-10-8-19(9-11-20)27(30)31/h3-14H,15H2,1-2H3,(H,26,28)/b25-14+. The van der Waals surface area contributed by atoms with E-state index < -0.39 is 16.8 Å². The number of hydrazone groups is 1. The van der Waals surface area contributed by atoms with E-state index in [1.165, 1.54) is 37.6 Å². The Morgan fingerprint density at radius 3 is 2.38 bits per heavy atom. The molecule has 0 atom stereocenters. The lowest BCUT2D eigenvalue weighted by molar-refractivity contribution is -0.384. The Kier molecular flexibility index (Phi) is 7.90. The number of nitro groups is 1. The molecule has 3 aromatic carbocycles. The Labute approximate surface area is 194 Å². The number of amides is 1. The van der Waals surface area contributed by atoms with Gasteiger partial charge in [-0.15, -0.1) is 0 Å². The molecule has 0 saturated heterocycles. The topological polar surface area (TPSA) is 129 Å². The molecule has 1 N–H and O–H groups in total. The van der Waals surface area contributed by atoms with Crippen LogP contribution in [0.5, 0.6) is 17.2 Å². The molecule has 0 aliphatic carbocycles. The maximum atomic E-state index is 12.3. The van der Waals surface area contributed by atoms with Crippen molar-refractivity contribution in [2.75, 3.05) is 13.7 Å². The molecule has 0 heterocycles. The van der Waals surface area contributed by atoms with Crippen LogP contribution in [0.1, 0.15) is 21.5 Å². The molecule has 0 bridgehead atoms. The number of nitrogens with zero attached hydrogens (tertiary/aromatic N) is 2. The molecule has 0 aliphatic rings. The van der Waals surface area contributed by atoms with E-state index in [4.69, 9.17) is 14.2 Å². The maximum absolute atomic E-state index is 12.3. The third-order valence-electron chi connectivity index (χ3n) is 4.50. The third kappa shape index (κ3) is 6.63. The van der Waals surface area contributed by atoms with Gasteiger partial charge in [0, 0.05) is 12.1 Å². The molecule has 0 fully saturated rings. The van der Waals surface area contributed by atoms with E-state index >= 15 is 0 Å². The van der Waals surface area contributed by atoms with Crippen LogP contribution < -0.4 is 19.6 Å². The number of hydrogen-bond acceptors (Lipinski definition) is 8. The van der Waals surface area contributed by atoms with Gasteiger partial charge in [-0.3, -0.25) is 14.9 Å². The average Bonchev–Trinajstić information content (AvgIpc) is 2.84. The second-order valence-electron chi connectivity index (χ2n) is 7.00. The fraction of sp³-hybridized carbons (Fsp3) is 0.125. The van der Waals surface area contributed by atoms with Crippen LogP contribution in [0.25, 0.3) is 0 Å². The second kappa shape index (κ2) is 11.2. The molecule has 34 heavy (non-hydrogen) atoms. The molecule has 0 radical (unpaired) electrons. The number of aryl methyl sites for hydroxylation is 1. The number of carbonyl (C=O) groups excluding carboxylic acids is 2. The summed E-state index contributed by atoms with van der Waals surface area (Å²) in [4.78, 5) is 34.4. The van der Waals surface area contributed by atoms with Gasteiger partial charge in [0.1, 0.15) is 5.75 Å². The van der Waals surface area contributed by atoms with E-state index in [-0.39, 0.29) is 18.0 Å². The Morgan fingerprint density at radius 2 is 1.74 bits per heavy atom. The number of non-ortho nitro benzene ring substituents is 1. The number of nitrogens with one attached hydrogen (secondary N) is 1. The number of benzene rings is 3.